The predicted molar refractivity (Wildman–Crippen MR) is 106 cm³/mol. The van der Waals surface area contributed by atoms with Gasteiger partial charge in [0.2, 0.25) is 10.0 Å². The molecule has 0 amide bonds. The van der Waals surface area contributed by atoms with Crippen LogP contribution in [0.3, 0.4) is 0 Å². The molecule has 0 aliphatic rings. The van der Waals surface area contributed by atoms with E-state index in [9.17, 15) is 13.2 Å². The second kappa shape index (κ2) is 8.84. The molecule has 7 nitrogen and oxygen atoms in total. The summed E-state index contributed by atoms with van der Waals surface area (Å²) in [6.07, 6.45) is 1.71. The number of sulfonamides is 1. The number of carbonyl (C=O) groups is 1. The van der Waals surface area contributed by atoms with Gasteiger partial charge in [-0.3, -0.25) is 4.98 Å². The molecule has 0 aliphatic carbocycles. The van der Waals surface area contributed by atoms with Crippen LogP contribution in [-0.4, -0.2) is 39.6 Å². The summed E-state index contributed by atoms with van der Waals surface area (Å²) in [5, 5.41) is 2.52. The molecule has 9 heteroatoms. The van der Waals surface area contributed by atoms with E-state index in [-0.39, 0.29) is 22.9 Å². The van der Waals surface area contributed by atoms with Gasteiger partial charge in [-0.05, 0) is 29.6 Å². The molecule has 0 saturated carbocycles. The van der Waals surface area contributed by atoms with Crippen molar-refractivity contribution in [1.82, 2.24) is 9.71 Å². The number of aromatic nitrogens is 1. The molecule has 0 atom stereocenters. The van der Waals surface area contributed by atoms with Gasteiger partial charge in [-0.15, -0.1) is 11.3 Å². The molecule has 0 fully saturated rings. The zero-order valence-corrected chi connectivity index (χ0v) is 16.5. The molecule has 2 aromatic heterocycles. The number of carbonyl (C=O) groups excluding carboxylic acids is 1. The number of methoxy groups -OCH3 is 1. The van der Waals surface area contributed by atoms with Crippen LogP contribution in [-0.2, 0) is 14.8 Å². The topological polar surface area (TPSA) is 94.6 Å². The molecule has 3 rings (SSSR count). The van der Waals surface area contributed by atoms with Gasteiger partial charge in [-0.2, -0.15) is 4.72 Å². The summed E-state index contributed by atoms with van der Waals surface area (Å²) in [5.74, 6) is 5.35. The molecule has 0 aliphatic heterocycles. The maximum Gasteiger partial charge on any atom is 0.349 e. The molecule has 0 unspecified atom stereocenters. The number of benzene rings is 1. The van der Waals surface area contributed by atoms with Gasteiger partial charge >= 0.3 is 5.97 Å². The Hall–Kier alpha value is -2.93. The summed E-state index contributed by atoms with van der Waals surface area (Å²) in [6, 6.07) is 10.7. The van der Waals surface area contributed by atoms with E-state index < -0.39 is 16.0 Å². The Morgan fingerprint density at radius 2 is 2.11 bits per heavy atom. The lowest BCUT2D eigenvalue weighted by molar-refractivity contribution is 0.0602. The van der Waals surface area contributed by atoms with Crippen LogP contribution in [0, 0.1) is 11.8 Å². The standard InChI is InChI=1S/C19H16N2O5S2/c1-25-19(22)18-17(8-12-27-18)28(23,24)21-10-2-3-11-26-15-7-6-14-5-4-9-20-16(14)13-15/h4-9,12-13,21H,10-11H2,1H3. The number of hydrogen-bond donors (Lipinski definition) is 1. The van der Waals surface area contributed by atoms with Crippen molar-refractivity contribution in [3.8, 4) is 17.6 Å². The summed E-state index contributed by atoms with van der Waals surface area (Å²) < 4.78 is 37.0. The second-order valence-electron chi connectivity index (χ2n) is 5.43. The molecule has 0 saturated heterocycles. The maximum atomic E-state index is 12.3. The van der Waals surface area contributed by atoms with E-state index in [1.807, 2.05) is 30.3 Å². The van der Waals surface area contributed by atoms with Gasteiger partial charge in [0.05, 0.1) is 19.2 Å². The average Bonchev–Trinajstić information content (AvgIpc) is 3.21. The van der Waals surface area contributed by atoms with E-state index in [0.29, 0.717) is 5.75 Å². The molecule has 3 aromatic rings. The van der Waals surface area contributed by atoms with Crippen LogP contribution in [0.1, 0.15) is 9.67 Å². The molecule has 0 spiro atoms. The van der Waals surface area contributed by atoms with Gasteiger partial charge in [0.1, 0.15) is 22.1 Å². The fourth-order valence-corrected chi connectivity index (χ4v) is 4.58. The van der Waals surface area contributed by atoms with Crippen LogP contribution in [0.25, 0.3) is 10.9 Å². The quantitative estimate of drug-likeness (QED) is 0.490. The highest BCUT2D eigenvalue weighted by Gasteiger charge is 2.23. The number of hydrogen-bond acceptors (Lipinski definition) is 7. The monoisotopic (exact) mass is 416 g/mol. The number of thiophene rings is 1. The second-order valence-corrected chi connectivity index (χ2v) is 8.08. The Kier molecular flexibility index (Phi) is 6.26. The molecule has 1 N–H and O–H groups in total. The van der Waals surface area contributed by atoms with Crippen molar-refractivity contribution in [3.05, 3.63) is 52.9 Å². The molecule has 1 aromatic carbocycles. The lowest BCUT2D eigenvalue weighted by Gasteiger charge is -2.04. The van der Waals surface area contributed by atoms with Gasteiger partial charge in [0.15, 0.2) is 0 Å². The largest absolute Gasteiger partial charge is 0.481 e. The summed E-state index contributed by atoms with van der Waals surface area (Å²) in [4.78, 5) is 15.8. The summed E-state index contributed by atoms with van der Waals surface area (Å²) in [6.45, 7) is -0.00659. The van der Waals surface area contributed by atoms with Crippen molar-refractivity contribution in [3.63, 3.8) is 0 Å². The SMILES string of the molecule is COC(=O)c1sccc1S(=O)(=O)NCC#CCOc1ccc2cccnc2c1. The number of nitrogens with zero attached hydrogens (tertiary/aromatic N) is 1. The first-order valence-electron chi connectivity index (χ1n) is 8.10. The molecular formula is C19H16N2O5S2. The minimum atomic E-state index is -3.86. The van der Waals surface area contributed by atoms with Crippen LogP contribution in [0.15, 0.2) is 52.9 Å². The van der Waals surface area contributed by atoms with Crippen molar-refractivity contribution in [2.75, 3.05) is 20.3 Å². The first-order valence-corrected chi connectivity index (χ1v) is 10.5. The predicted octanol–water partition coefficient (Wildman–Crippen LogP) is 2.44. The van der Waals surface area contributed by atoms with Crippen molar-refractivity contribution in [2.45, 2.75) is 4.90 Å². The van der Waals surface area contributed by atoms with E-state index in [1.54, 1.807) is 6.20 Å². The van der Waals surface area contributed by atoms with Crippen molar-refractivity contribution < 1.29 is 22.7 Å². The Bertz CT molecular complexity index is 1160. The van der Waals surface area contributed by atoms with Crippen LogP contribution in [0.4, 0.5) is 0 Å². The smallest absolute Gasteiger partial charge is 0.349 e. The van der Waals surface area contributed by atoms with Gasteiger partial charge < -0.3 is 9.47 Å². The van der Waals surface area contributed by atoms with E-state index in [0.717, 1.165) is 22.2 Å². The summed E-state index contributed by atoms with van der Waals surface area (Å²) >= 11 is 1.000. The fourth-order valence-electron chi connectivity index (χ4n) is 2.33. The number of ether oxygens (including phenoxy) is 2. The Labute approximate surface area is 166 Å². The Morgan fingerprint density at radius 1 is 1.25 bits per heavy atom. The van der Waals surface area contributed by atoms with Crippen molar-refractivity contribution >= 4 is 38.2 Å². The normalized spacial score (nSPS) is 10.9. The van der Waals surface area contributed by atoms with Gasteiger partial charge in [-0.25, -0.2) is 13.2 Å². The maximum absolute atomic E-state index is 12.3. The molecule has 2 heterocycles. The van der Waals surface area contributed by atoms with Gasteiger partial charge in [-0.1, -0.05) is 17.9 Å². The molecule has 144 valence electrons. The lowest BCUT2D eigenvalue weighted by atomic mass is 10.2. The summed E-state index contributed by atoms with van der Waals surface area (Å²) in [7, 11) is -2.66. The lowest BCUT2D eigenvalue weighted by Crippen LogP contribution is -2.25. The third kappa shape index (κ3) is 4.67. The number of rotatable bonds is 6. The number of fused-ring (bicyclic) bond motifs is 1. The van der Waals surface area contributed by atoms with Crippen LogP contribution < -0.4 is 9.46 Å². The van der Waals surface area contributed by atoms with Gasteiger partial charge in [0, 0.05) is 17.6 Å². The third-order valence-electron chi connectivity index (χ3n) is 3.65. The van der Waals surface area contributed by atoms with Crippen LogP contribution >= 0.6 is 11.3 Å². The molecule has 28 heavy (non-hydrogen) atoms. The van der Waals surface area contributed by atoms with Crippen LogP contribution in [0.5, 0.6) is 5.75 Å². The Morgan fingerprint density at radius 3 is 2.93 bits per heavy atom. The first-order chi connectivity index (χ1) is 13.5. The van der Waals surface area contributed by atoms with E-state index in [4.69, 9.17) is 4.74 Å². The Balaban J connectivity index is 1.54. The average molecular weight is 416 g/mol. The number of pyridine rings is 1. The minimum Gasteiger partial charge on any atom is -0.481 e. The highest BCUT2D eigenvalue weighted by Crippen LogP contribution is 2.22. The zero-order chi connectivity index (χ0) is 20.0. The van der Waals surface area contributed by atoms with E-state index in [1.165, 1.54) is 18.6 Å². The first kappa shape index (κ1) is 19.8. The zero-order valence-electron chi connectivity index (χ0n) is 14.8. The minimum absolute atomic E-state index is 0.0243. The molecule has 0 radical (unpaired) electrons. The van der Waals surface area contributed by atoms with E-state index in [2.05, 4.69) is 26.3 Å². The third-order valence-corrected chi connectivity index (χ3v) is 6.12. The summed E-state index contributed by atoms with van der Waals surface area (Å²) in [5.41, 5.74) is 0.817. The van der Waals surface area contributed by atoms with Crippen molar-refractivity contribution in [1.29, 1.82) is 0 Å². The molecular weight excluding hydrogens is 400 g/mol. The highest BCUT2D eigenvalue weighted by molar-refractivity contribution is 7.89. The molecule has 0 bridgehead atoms. The number of esters is 1. The fraction of sp³-hybridized carbons (Fsp3) is 0.158. The van der Waals surface area contributed by atoms with Crippen molar-refractivity contribution in [2.24, 2.45) is 0 Å². The number of nitrogens with one attached hydrogen (secondary N) is 1. The van der Waals surface area contributed by atoms with Gasteiger partial charge in [0.25, 0.3) is 0 Å². The highest BCUT2D eigenvalue weighted by atomic mass is 32.2. The van der Waals surface area contributed by atoms with Crippen LogP contribution in [0.2, 0.25) is 0 Å². The van der Waals surface area contributed by atoms with E-state index >= 15 is 0 Å².